The fraction of sp³-hybridized carbons (Fsp3) is 0.214. The van der Waals surface area contributed by atoms with Crippen LogP contribution in [0, 0.1) is 6.92 Å². The Bertz CT molecular complexity index is 1330. The number of carbonyl (C=O) groups excluding carboxylic acids is 4. The first kappa shape index (κ1) is 24.7. The lowest BCUT2D eigenvalue weighted by Crippen LogP contribution is -2.30. The summed E-state index contributed by atoms with van der Waals surface area (Å²) < 4.78 is 10.6. The molecule has 0 fully saturated rings. The van der Waals surface area contributed by atoms with Crippen LogP contribution in [-0.4, -0.2) is 48.9 Å². The molecule has 0 aromatic heterocycles. The van der Waals surface area contributed by atoms with Crippen molar-refractivity contribution in [2.75, 3.05) is 25.2 Å². The molecule has 0 aliphatic carbocycles. The van der Waals surface area contributed by atoms with Crippen LogP contribution in [0.5, 0.6) is 5.75 Å². The number of para-hydroxylation sites is 1. The third kappa shape index (κ3) is 4.98. The highest BCUT2D eigenvalue weighted by Gasteiger charge is 2.37. The van der Waals surface area contributed by atoms with Gasteiger partial charge in [-0.2, -0.15) is 0 Å². The maximum absolute atomic E-state index is 13.0. The van der Waals surface area contributed by atoms with Crippen molar-refractivity contribution in [3.63, 3.8) is 0 Å². The highest BCUT2D eigenvalue weighted by atomic mass is 16.5. The number of rotatable bonds is 8. The summed E-state index contributed by atoms with van der Waals surface area (Å²) in [4.78, 5) is 53.5. The van der Waals surface area contributed by atoms with E-state index >= 15 is 0 Å². The van der Waals surface area contributed by atoms with Crippen molar-refractivity contribution in [2.45, 2.75) is 20.4 Å². The Balaban J connectivity index is 1.39. The van der Waals surface area contributed by atoms with Gasteiger partial charge in [0, 0.05) is 13.6 Å². The molecule has 1 aliphatic rings. The van der Waals surface area contributed by atoms with E-state index in [9.17, 15) is 19.2 Å². The lowest BCUT2D eigenvalue weighted by molar-refractivity contribution is -0.133. The highest BCUT2D eigenvalue weighted by Crippen LogP contribution is 2.31. The number of nitrogens with zero attached hydrogens (tertiary/aromatic N) is 2. The van der Waals surface area contributed by atoms with Crippen molar-refractivity contribution < 1.29 is 28.7 Å². The van der Waals surface area contributed by atoms with Gasteiger partial charge in [0.05, 0.1) is 29.0 Å². The molecule has 3 aromatic carbocycles. The van der Waals surface area contributed by atoms with Crippen molar-refractivity contribution in [2.24, 2.45) is 0 Å². The fourth-order valence-corrected chi connectivity index (χ4v) is 3.94. The predicted octanol–water partition coefficient (Wildman–Crippen LogP) is 4.01. The minimum Gasteiger partial charge on any atom is -0.494 e. The molecule has 4 rings (SSSR count). The fourth-order valence-electron chi connectivity index (χ4n) is 3.94. The first-order valence-corrected chi connectivity index (χ1v) is 11.5. The maximum Gasteiger partial charge on any atom is 0.338 e. The number of fused-ring (bicyclic) bond motifs is 1. The number of hydrogen-bond donors (Lipinski definition) is 0. The zero-order chi connectivity index (χ0) is 25.8. The average Bonchev–Trinajstić information content (AvgIpc) is 3.13. The number of hydrogen-bond acceptors (Lipinski definition) is 6. The highest BCUT2D eigenvalue weighted by molar-refractivity contribution is 6.34. The third-order valence-electron chi connectivity index (χ3n) is 5.89. The molecular formula is C28H26N2O6. The van der Waals surface area contributed by atoms with Crippen molar-refractivity contribution in [1.29, 1.82) is 0 Å². The van der Waals surface area contributed by atoms with Gasteiger partial charge < -0.3 is 14.4 Å². The number of imide groups is 1. The summed E-state index contributed by atoms with van der Waals surface area (Å²) in [6.45, 7) is 4.18. The second-order valence-corrected chi connectivity index (χ2v) is 8.40. The molecule has 0 bridgehead atoms. The summed E-state index contributed by atoms with van der Waals surface area (Å²) in [5.41, 5.74) is 2.60. The van der Waals surface area contributed by atoms with E-state index in [1.807, 2.05) is 50.2 Å². The number of anilines is 1. The Morgan fingerprint density at radius 1 is 0.917 bits per heavy atom. The minimum absolute atomic E-state index is 0.0866. The van der Waals surface area contributed by atoms with Crippen LogP contribution in [-0.2, 0) is 16.1 Å². The zero-order valence-corrected chi connectivity index (χ0v) is 20.3. The van der Waals surface area contributed by atoms with Crippen LogP contribution in [0.1, 0.15) is 49.1 Å². The molecule has 0 spiro atoms. The second kappa shape index (κ2) is 10.4. The Morgan fingerprint density at radius 3 is 2.31 bits per heavy atom. The Hall–Kier alpha value is -4.46. The molecule has 184 valence electrons. The molecule has 0 N–H and O–H groups in total. The largest absolute Gasteiger partial charge is 0.494 e. The van der Waals surface area contributed by atoms with E-state index in [4.69, 9.17) is 9.47 Å². The summed E-state index contributed by atoms with van der Waals surface area (Å²) >= 11 is 0. The van der Waals surface area contributed by atoms with Crippen molar-refractivity contribution in [3.8, 4) is 5.75 Å². The van der Waals surface area contributed by atoms with Gasteiger partial charge in [-0.05, 0) is 61.4 Å². The van der Waals surface area contributed by atoms with Gasteiger partial charge >= 0.3 is 5.97 Å². The molecule has 36 heavy (non-hydrogen) atoms. The van der Waals surface area contributed by atoms with E-state index in [0.29, 0.717) is 18.8 Å². The van der Waals surface area contributed by atoms with Crippen LogP contribution in [0.3, 0.4) is 0 Å². The summed E-state index contributed by atoms with van der Waals surface area (Å²) in [5, 5.41) is 0. The van der Waals surface area contributed by atoms with Gasteiger partial charge in [0.1, 0.15) is 5.75 Å². The first-order chi connectivity index (χ1) is 17.3. The molecule has 3 amide bonds. The normalized spacial score (nSPS) is 12.4. The van der Waals surface area contributed by atoms with Crippen LogP contribution < -0.4 is 9.64 Å². The standard InChI is InChI=1S/C28H26N2O6/c1-4-35-21-12-9-19(10-13-21)16-29(3)25(31)17-36-28(34)20-11-14-22-23(15-20)27(33)30(26(22)32)24-8-6-5-7-18(24)2/h5-15H,4,16-17H2,1-3H3. The van der Waals surface area contributed by atoms with E-state index < -0.39 is 24.4 Å². The van der Waals surface area contributed by atoms with E-state index in [1.54, 1.807) is 19.2 Å². The number of amides is 3. The number of esters is 1. The van der Waals surface area contributed by atoms with Crippen LogP contribution in [0.25, 0.3) is 0 Å². The van der Waals surface area contributed by atoms with Gasteiger partial charge in [-0.25, -0.2) is 9.69 Å². The van der Waals surface area contributed by atoms with Crippen LogP contribution in [0.4, 0.5) is 5.69 Å². The molecule has 0 radical (unpaired) electrons. The van der Waals surface area contributed by atoms with E-state index in [1.165, 1.54) is 23.1 Å². The summed E-state index contributed by atoms with van der Waals surface area (Å²) in [7, 11) is 1.62. The molecular weight excluding hydrogens is 460 g/mol. The topological polar surface area (TPSA) is 93.2 Å². The zero-order valence-electron chi connectivity index (χ0n) is 20.3. The first-order valence-electron chi connectivity index (χ1n) is 11.5. The SMILES string of the molecule is CCOc1ccc(CN(C)C(=O)COC(=O)c2ccc3c(c2)C(=O)N(c2ccccc2C)C3=O)cc1. The molecule has 8 nitrogen and oxygen atoms in total. The van der Waals surface area contributed by atoms with Gasteiger partial charge in [0.25, 0.3) is 17.7 Å². The van der Waals surface area contributed by atoms with Gasteiger partial charge in [0.15, 0.2) is 6.61 Å². The summed E-state index contributed by atoms with van der Waals surface area (Å²) in [5.74, 6) is -1.34. The summed E-state index contributed by atoms with van der Waals surface area (Å²) in [6.07, 6.45) is 0. The van der Waals surface area contributed by atoms with Crippen molar-refractivity contribution >= 4 is 29.4 Å². The summed E-state index contributed by atoms with van der Waals surface area (Å²) in [6, 6.07) is 18.7. The maximum atomic E-state index is 13.0. The smallest absolute Gasteiger partial charge is 0.338 e. The van der Waals surface area contributed by atoms with Crippen LogP contribution >= 0.6 is 0 Å². The number of ether oxygens (including phenoxy) is 2. The molecule has 0 saturated heterocycles. The molecule has 0 saturated carbocycles. The van der Waals surface area contributed by atoms with E-state index in [-0.39, 0.29) is 22.6 Å². The minimum atomic E-state index is -0.754. The number of benzene rings is 3. The molecule has 1 aliphatic heterocycles. The van der Waals surface area contributed by atoms with Crippen LogP contribution in [0.2, 0.25) is 0 Å². The second-order valence-electron chi connectivity index (χ2n) is 8.40. The Morgan fingerprint density at radius 2 is 1.61 bits per heavy atom. The quantitative estimate of drug-likeness (QED) is 0.353. The van der Waals surface area contributed by atoms with Gasteiger partial charge in [0.2, 0.25) is 0 Å². The number of carbonyl (C=O) groups is 4. The number of likely N-dealkylation sites (N-methyl/N-ethyl adjacent to an activating group) is 1. The lowest BCUT2D eigenvalue weighted by atomic mass is 10.1. The molecule has 3 aromatic rings. The van der Waals surface area contributed by atoms with Gasteiger partial charge in [-0.15, -0.1) is 0 Å². The van der Waals surface area contributed by atoms with Crippen molar-refractivity contribution in [1.82, 2.24) is 4.90 Å². The number of aryl methyl sites for hydroxylation is 1. The van der Waals surface area contributed by atoms with E-state index in [0.717, 1.165) is 21.8 Å². The van der Waals surface area contributed by atoms with Gasteiger partial charge in [-0.1, -0.05) is 30.3 Å². The average molecular weight is 487 g/mol. The molecule has 8 heteroatoms. The Labute approximate surface area is 209 Å². The monoisotopic (exact) mass is 486 g/mol. The van der Waals surface area contributed by atoms with E-state index in [2.05, 4.69) is 0 Å². The van der Waals surface area contributed by atoms with Crippen LogP contribution in [0.15, 0.2) is 66.7 Å². The lowest BCUT2D eigenvalue weighted by Gasteiger charge is -2.17. The van der Waals surface area contributed by atoms with Gasteiger partial charge in [-0.3, -0.25) is 14.4 Å². The molecule has 0 unspecified atom stereocenters. The predicted molar refractivity (Wildman–Crippen MR) is 133 cm³/mol. The van der Waals surface area contributed by atoms with Crippen molar-refractivity contribution in [3.05, 3.63) is 94.5 Å². The molecule has 1 heterocycles. The Kier molecular flexibility index (Phi) is 7.15. The third-order valence-corrected chi connectivity index (χ3v) is 5.89. The molecule has 0 atom stereocenters.